The van der Waals surface area contributed by atoms with Crippen molar-refractivity contribution in [3.05, 3.63) is 10.6 Å². The van der Waals surface area contributed by atoms with Crippen molar-refractivity contribution in [2.75, 3.05) is 6.61 Å². The standard InChI is InChI=1S/C11H16N2O3S/c1-7-5-9(3-4-15-7)11(14)16-6-10-8(2)12-13-17-10/h7,9H,3-6H2,1-2H3/t7-,9+/m0/s1. The van der Waals surface area contributed by atoms with Gasteiger partial charge in [-0.2, -0.15) is 0 Å². The number of hydrogen-bond acceptors (Lipinski definition) is 6. The normalized spacial score (nSPS) is 24.6. The maximum absolute atomic E-state index is 11.8. The lowest BCUT2D eigenvalue weighted by atomic mass is 9.96. The number of aryl methyl sites for hydroxylation is 1. The van der Waals surface area contributed by atoms with Crippen molar-refractivity contribution in [1.29, 1.82) is 0 Å². The smallest absolute Gasteiger partial charge is 0.309 e. The highest BCUT2D eigenvalue weighted by Crippen LogP contribution is 2.22. The summed E-state index contributed by atoms with van der Waals surface area (Å²) in [7, 11) is 0. The molecule has 0 unspecified atom stereocenters. The molecule has 0 spiro atoms. The van der Waals surface area contributed by atoms with Crippen LogP contribution in [0.1, 0.15) is 30.3 Å². The van der Waals surface area contributed by atoms with E-state index >= 15 is 0 Å². The van der Waals surface area contributed by atoms with Crippen LogP contribution in [-0.4, -0.2) is 28.3 Å². The van der Waals surface area contributed by atoms with Crippen LogP contribution >= 0.6 is 11.5 Å². The number of carbonyl (C=O) groups is 1. The molecule has 1 fully saturated rings. The molecule has 0 saturated carbocycles. The first-order valence-corrected chi connectivity index (χ1v) is 6.50. The maximum atomic E-state index is 11.8. The molecule has 1 aliphatic rings. The molecule has 2 heterocycles. The van der Waals surface area contributed by atoms with Gasteiger partial charge in [-0.15, -0.1) is 5.10 Å². The van der Waals surface area contributed by atoms with Crippen LogP contribution in [0.15, 0.2) is 0 Å². The minimum atomic E-state index is -0.132. The van der Waals surface area contributed by atoms with Crippen molar-refractivity contribution in [2.45, 2.75) is 39.4 Å². The zero-order chi connectivity index (χ0) is 12.3. The molecule has 1 aliphatic heterocycles. The summed E-state index contributed by atoms with van der Waals surface area (Å²) in [5, 5.41) is 3.88. The van der Waals surface area contributed by atoms with Gasteiger partial charge in [0.2, 0.25) is 0 Å². The molecule has 2 rings (SSSR count). The van der Waals surface area contributed by atoms with Crippen LogP contribution in [-0.2, 0) is 20.9 Å². The number of hydrogen-bond donors (Lipinski definition) is 0. The van der Waals surface area contributed by atoms with E-state index in [0.29, 0.717) is 6.61 Å². The molecule has 0 N–H and O–H groups in total. The quantitative estimate of drug-likeness (QED) is 0.770. The molecule has 1 aromatic rings. The second-order valence-electron chi connectivity index (χ2n) is 4.29. The summed E-state index contributed by atoms with van der Waals surface area (Å²) in [6.07, 6.45) is 1.65. The fourth-order valence-electron chi connectivity index (χ4n) is 1.85. The zero-order valence-electron chi connectivity index (χ0n) is 10.0. The van der Waals surface area contributed by atoms with E-state index in [2.05, 4.69) is 9.59 Å². The van der Waals surface area contributed by atoms with Crippen LogP contribution in [0.2, 0.25) is 0 Å². The Bertz CT molecular complexity index is 394. The molecule has 17 heavy (non-hydrogen) atoms. The average Bonchev–Trinajstić information content (AvgIpc) is 2.72. The molecule has 6 heteroatoms. The first-order chi connectivity index (χ1) is 8.16. The van der Waals surface area contributed by atoms with E-state index < -0.39 is 0 Å². The number of ether oxygens (including phenoxy) is 2. The number of esters is 1. The van der Waals surface area contributed by atoms with Crippen molar-refractivity contribution in [3.8, 4) is 0 Å². The van der Waals surface area contributed by atoms with Crippen molar-refractivity contribution < 1.29 is 14.3 Å². The van der Waals surface area contributed by atoms with Crippen LogP contribution in [0.5, 0.6) is 0 Å². The van der Waals surface area contributed by atoms with E-state index in [1.165, 1.54) is 11.5 Å². The predicted molar refractivity (Wildman–Crippen MR) is 62.6 cm³/mol. The highest BCUT2D eigenvalue weighted by molar-refractivity contribution is 7.05. The van der Waals surface area contributed by atoms with Crippen molar-refractivity contribution in [3.63, 3.8) is 0 Å². The Balaban J connectivity index is 1.83. The Kier molecular flexibility index (Phi) is 4.06. The summed E-state index contributed by atoms with van der Waals surface area (Å²) in [6, 6.07) is 0. The Hall–Kier alpha value is -1.01. The molecule has 0 aromatic carbocycles. The first kappa shape index (κ1) is 12.4. The van der Waals surface area contributed by atoms with Crippen molar-refractivity contribution in [2.24, 2.45) is 5.92 Å². The highest BCUT2D eigenvalue weighted by Gasteiger charge is 2.27. The Morgan fingerprint density at radius 2 is 2.47 bits per heavy atom. The first-order valence-electron chi connectivity index (χ1n) is 5.73. The lowest BCUT2D eigenvalue weighted by Crippen LogP contribution is -2.29. The SMILES string of the molecule is Cc1nnsc1COC(=O)[C@@H]1CCO[C@@H](C)C1. The Morgan fingerprint density at radius 1 is 1.65 bits per heavy atom. The van der Waals surface area contributed by atoms with Gasteiger partial charge in [0.1, 0.15) is 6.61 Å². The van der Waals surface area contributed by atoms with Gasteiger partial charge < -0.3 is 9.47 Å². The van der Waals surface area contributed by atoms with Gasteiger partial charge in [0.05, 0.1) is 22.6 Å². The molecule has 0 bridgehead atoms. The van der Waals surface area contributed by atoms with E-state index in [0.717, 1.165) is 23.4 Å². The van der Waals surface area contributed by atoms with Gasteiger partial charge in [-0.05, 0) is 38.2 Å². The number of aromatic nitrogens is 2. The van der Waals surface area contributed by atoms with E-state index in [1.807, 2.05) is 13.8 Å². The summed E-state index contributed by atoms with van der Waals surface area (Å²) >= 11 is 1.28. The molecule has 0 radical (unpaired) electrons. The summed E-state index contributed by atoms with van der Waals surface area (Å²) in [5.74, 6) is -0.159. The molecule has 2 atom stereocenters. The molecule has 0 amide bonds. The largest absolute Gasteiger partial charge is 0.460 e. The third-order valence-electron chi connectivity index (χ3n) is 2.91. The van der Waals surface area contributed by atoms with E-state index in [-0.39, 0.29) is 24.6 Å². The van der Waals surface area contributed by atoms with Crippen molar-refractivity contribution >= 4 is 17.5 Å². The third-order valence-corrected chi connectivity index (χ3v) is 3.71. The number of carbonyl (C=O) groups excluding carboxylic acids is 1. The van der Waals surface area contributed by atoms with Crippen molar-refractivity contribution in [1.82, 2.24) is 9.59 Å². The third kappa shape index (κ3) is 3.23. The van der Waals surface area contributed by atoms with Crippen LogP contribution in [0.25, 0.3) is 0 Å². The zero-order valence-corrected chi connectivity index (χ0v) is 10.8. The lowest BCUT2D eigenvalue weighted by Gasteiger charge is -2.25. The highest BCUT2D eigenvalue weighted by atomic mass is 32.1. The van der Waals surface area contributed by atoms with Gasteiger partial charge in [0, 0.05) is 6.61 Å². The van der Waals surface area contributed by atoms with Gasteiger partial charge in [0.25, 0.3) is 0 Å². The van der Waals surface area contributed by atoms with E-state index in [1.54, 1.807) is 0 Å². The van der Waals surface area contributed by atoms with Gasteiger partial charge >= 0.3 is 5.97 Å². The van der Waals surface area contributed by atoms with E-state index in [9.17, 15) is 4.79 Å². The fraction of sp³-hybridized carbons (Fsp3) is 0.727. The second kappa shape index (κ2) is 5.55. The Morgan fingerprint density at radius 3 is 3.12 bits per heavy atom. The molecule has 5 nitrogen and oxygen atoms in total. The van der Waals surface area contributed by atoms with Crippen LogP contribution < -0.4 is 0 Å². The van der Waals surface area contributed by atoms with Gasteiger partial charge in [0.15, 0.2) is 0 Å². The topological polar surface area (TPSA) is 61.3 Å². The minimum Gasteiger partial charge on any atom is -0.460 e. The molecule has 0 aliphatic carbocycles. The van der Waals surface area contributed by atoms with Gasteiger partial charge in [-0.3, -0.25) is 4.79 Å². The Labute approximate surface area is 104 Å². The molecular formula is C11H16N2O3S. The second-order valence-corrected chi connectivity index (χ2v) is 5.13. The molecule has 1 saturated heterocycles. The molecular weight excluding hydrogens is 240 g/mol. The lowest BCUT2D eigenvalue weighted by molar-refractivity contribution is -0.154. The summed E-state index contributed by atoms with van der Waals surface area (Å²) in [4.78, 5) is 12.8. The number of rotatable bonds is 3. The molecule has 1 aromatic heterocycles. The monoisotopic (exact) mass is 256 g/mol. The van der Waals surface area contributed by atoms with Crippen LogP contribution in [0.4, 0.5) is 0 Å². The molecule has 94 valence electrons. The van der Waals surface area contributed by atoms with Crippen LogP contribution in [0, 0.1) is 12.8 Å². The minimum absolute atomic E-state index is 0.0278. The van der Waals surface area contributed by atoms with E-state index in [4.69, 9.17) is 9.47 Å². The van der Waals surface area contributed by atoms with Crippen LogP contribution in [0.3, 0.4) is 0 Å². The number of nitrogens with zero attached hydrogens (tertiary/aromatic N) is 2. The maximum Gasteiger partial charge on any atom is 0.309 e. The summed E-state index contributed by atoms with van der Waals surface area (Å²) < 4.78 is 14.5. The predicted octanol–water partition coefficient (Wildman–Crippen LogP) is 1.70. The fourth-order valence-corrected chi connectivity index (χ4v) is 2.40. The summed E-state index contributed by atoms with van der Waals surface area (Å²) in [5.41, 5.74) is 0.836. The average molecular weight is 256 g/mol. The summed E-state index contributed by atoms with van der Waals surface area (Å²) in [6.45, 7) is 4.77. The van der Waals surface area contributed by atoms with Gasteiger partial charge in [-0.25, -0.2) is 0 Å². The van der Waals surface area contributed by atoms with Gasteiger partial charge in [-0.1, -0.05) is 4.49 Å².